The molecular formula is C20H17ClF3N3O3S. The number of hydrogen-bond donors (Lipinski definition) is 1. The zero-order chi connectivity index (χ0) is 22.7. The number of halogens is 4. The lowest BCUT2D eigenvalue weighted by Crippen LogP contribution is -2.35. The van der Waals surface area contributed by atoms with Crippen LogP contribution in [0.4, 0.5) is 18.9 Å². The van der Waals surface area contributed by atoms with Crippen molar-refractivity contribution < 1.29 is 22.8 Å². The number of likely N-dealkylation sites (tertiary alicyclic amines) is 1. The molecular weight excluding hydrogens is 455 g/mol. The Hall–Kier alpha value is -2.77. The van der Waals surface area contributed by atoms with E-state index in [4.69, 9.17) is 11.6 Å². The molecule has 2 amide bonds. The lowest BCUT2D eigenvalue weighted by molar-refractivity contribution is -0.132. The number of hydrogen-bond acceptors (Lipinski definition) is 4. The van der Waals surface area contributed by atoms with E-state index in [-0.39, 0.29) is 26.7 Å². The van der Waals surface area contributed by atoms with E-state index in [0.29, 0.717) is 23.1 Å². The molecule has 3 rings (SSSR count). The topological polar surface area (TPSA) is 71.4 Å². The number of aromatic nitrogens is 1. The van der Waals surface area contributed by atoms with E-state index in [1.807, 2.05) is 0 Å². The predicted octanol–water partition coefficient (Wildman–Crippen LogP) is 3.44. The maximum atomic E-state index is 13.7. The summed E-state index contributed by atoms with van der Waals surface area (Å²) in [6, 6.07) is 2.22. The van der Waals surface area contributed by atoms with Gasteiger partial charge in [0.2, 0.25) is 5.91 Å². The molecule has 1 fully saturated rings. The molecule has 11 heteroatoms. The third-order valence-electron chi connectivity index (χ3n) is 4.62. The van der Waals surface area contributed by atoms with Crippen molar-refractivity contribution in [3.8, 4) is 11.8 Å². The second kappa shape index (κ2) is 9.58. The van der Waals surface area contributed by atoms with Crippen LogP contribution in [0.3, 0.4) is 0 Å². The summed E-state index contributed by atoms with van der Waals surface area (Å²) in [5, 5.41) is 2.37. The van der Waals surface area contributed by atoms with E-state index in [2.05, 4.69) is 17.2 Å². The highest BCUT2D eigenvalue weighted by Gasteiger charge is 2.22. The van der Waals surface area contributed by atoms with Crippen molar-refractivity contribution in [1.29, 1.82) is 0 Å². The van der Waals surface area contributed by atoms with E-state index in [9.17, 15) is 27.6 Å². The number of piperidine rings is 1. The van der Waals surface area contributed by atoms with Crippen molar-refractivity contribution in [2.24, 2.45) is 5.92 Å². The fraction of sp³-hybridized carbons (Fsp3) is 0.350. The number of amides is 2. The molecule has 1 saturated heterocycles. The van der Waals surface area contributed by atoms with Gasteiger partial charge in [0.15, 0.2) is 5.82 Å². The number of carbonyl (C=O) groups is 2. The summed E-state index contributed by atoms with van der Waals surface area (Å²) >= 11 is 7.11. The summed E-state index contributed by atoms with van der Waals surface area (Å²) in [6.45, 7) is -0.378. The van der Waals surface area contributed by atoms with Crippen LogP contribution in [0.25, 0.3) is 0 Å². The first-order chi connectivity index (χ1) is 14.6. The van der Waals surface area contributed by atoms with Gasteiger partial charge in [0.1, 0.15) is 4.34 Å². The number of nitrogens with one attached hydrogen (secondary N) is 1. The largest absolute Gasteiger partial charge is 0.346 e. The van der Waals surface area contributed by atoms with E-state index in [0.717, 1.165) is 30.0 Å². The van der Waals surface area contributed by atoms with Crippen molar-refractivity contribution in [3.05, 3.63) is 49.3 Å². The van der Waals surface area contributed by atoms with E-state index < -0.39 is 30.3 Å². The number of pyridine rings is 1. The summed E-state index contributed by atoms with van der Waals surface area (Å²) in [5.74, 6) is 3.90. The first kappa shape index (κ1) is 22.9. The second-order valence-corrected chi connectivity index (χ2v) is 8.61. The van der Waals surface area contributed by atoms with Gasteiger partial charge in [0, 0.05) is 38.2 Å². The first-order valence-electron chi connectivity index (χ1n) is 9.18. The Kier molecular flexibility index (Phi) is 7.08. The van der Waals surface area contributed by atoms with Crippen LogP contribution in [0.15, 0.2) is 23.1 Å². The molecule has 3 heterocycles. The molecule has 1 aliphatic rings. The van der Waals surface area contributed by atoms with Gasteiger partial charge in [-0.15, -0.1) is 11.3 Å². The van der Waals surface area contributed by atoms with Gasteiger partial charge < -0.3 is 14.8 Å². The Morgan fingerprint density at radius 1 is 1.39 bits per heavy atom. The average Bonchev–Trinajstić information content (AvgIpc) is 3.07. The lowest BCUT2D eigenvalue weighted by Gasteiger charge is -2.25. The molecule has 6 nitrogen and oxygen atoms in total. The molecule has 164 valence electrons. The molecule has 0 saturated carbocycles. The number of carbonyl (C=O) groups excluding carboxylic acids is 2. The number of nitrogens with zero attached hydrogens (tertiary/aromatic N) is 2. The number of anilines is 1. The quantitative estimate of drug-likeness (QED) is 0.694. The molecule has 1 aliphatic heterocycles. The van der Waals surface area contributed by atoms with Crippen molar-refractivity contribution >= 4 is 40.4 Å². The Labute approximate surface area is 184 Å². The average molecular weight is 472 g/mol. The molecule has 1 N–H and O–H groups in total. The summed E-state index contributed by atoms with van der Waals surface area (Å²) in [5.41, 5.74) is -0.941. The summed E-state index contributed by atoms with van der Waals surface area (Å²) in [7, 11) is 1.73. The predicted molar refractivity (Wildman–Crippen MR) is 111 cm³/mol. The van der Waals surface area contributed by atoms with Crippen molar-refractivity contribution in [2.75, 3.05) is 18.9 Å². The van der Waals surface area contributed by atoms with Crippen LogP contribution in [0.1, 0.15) is 28.1 Å². The van der Waals surface area contributed by atoms with Gasteiger partial charge in [-0.25, -0.2) is 13.2 Å². The van der Waals surface area contributed by atoms with Gasteiger partial charge in [0.25, 0.3) is 17.9 Å². The number of rotatable bonds is 4. The Morgan fingerprint density at radius 3 is 2.81 bits per heavy atom. The maximum Gasteiger partial charge on any atom is 0.286 e. The lowest BCUT2D eigenvalue weighted by atomic mass is 9.97. The van der Waals surface area contributed by atoms with Crippen molar-refractivity contribution in [3.63, 3.8) is 0 Å². The highest BCUT2D eigenvalue weighted by atomic mass is 35.5. The smallest absolute Gasteiger partial charge is 0.286 e. The number of thiophene rings is 1. The zero-order valence-electron chi connectivity index (χ0n) is 16.3. The molecule has 0 aliphatic carbocycles. The minimum atomic E-state index is -2.86. The third-order valence-corrected chi connectivity index (χ3v) is 5.97. The second-order valence-electron chi connectivity index (χ2n) is 6.95. The monoisotopic (exact) mass is 471 g/mol. The first-order valence-corrected chi connectivity index (χ1v) is 10.4. The van der Waals surface area contributed by atoms with Gasteiger partial charge in [-0.2, -0.15) is 0 Å². The van der Waals surface area contributed by atoms with Gasteiger partial charge in [-0.3, -0.25) is 14.4 Å². The molecule has 1 unspecified atom stereocenters. The van der Waals surface area contributed by atoms with E-state index >= 15 is 0 Å². The van der Waals surface area contributed by atoms with Crippen LogP contribution < -0.4 is 10.9 Å². The molecule has 0 bridgehead atoms. The molecule has 0 radical (unpaired) electrons. The Morgan fingerprint density at radius 2 is 2.13 bits per heavy atom. The van der Waals surface area contributed by atoms with Crippen LogP contribution >= 0.6 is 22.9 Å². The van der Waals surface area contributed by atoms with Crippen LogP contribution in [-0.2, 0) is 11.3 Å². The molecule has 0 aromatic carbocycles. The van der Waals surface area contributed by atoms with Crippen molar-refractivity contribution in [2.45, 2.75) is 25.8 Å². The highest BCUT2D eigenvalue weighted by Crippen LogP contribution is 2.28. The van der Waals surface area contributed by atoms with Gasteiger partial charge in [-0.1, -0.05) is 23.4 Å². The van der Waals surface area contributed by atoms with E-state index in [1.165, 1.54) is 6.07 Å². The normalized spacial score (nSPS) is 16.3. The van der Waals surface area contributed by atoms with Crippen LogP contribution in [0.2, 0.25) is 4.34 Å². The zero-order valence-corrected chi connectivity index (χ0v) is 17.8. The van der Waals surface area contributed by atoms with Crippen LogP contribution in [0, 0.1) is 23.6 Å². The van der Waals surface area contributed by atoms with E-state index in [1.54, 1.807) is 11.9 Å². The fourth-order valence-electron chi connectivity index (χ4n) is 2.96. The molecule has 2 aromatic rings. The van der Waals surface area contributed by atoms with Gasteiger partial charge in [0.05, 0.1) is 22.7 Å². The van der Waals surface area contributed by atoms with Crippen molar-refractivity contribution in [1.82, 2.24) is 9.47 Å². The Balaban J connectivity index is 1.74. The summed E-state index contributed by atoms with van der Waals surface area (Å²) in [4.78, 5) is 37.6. The molecule has 1 atom stereocenters. The summed E-state index contributed by atoms with van der Waals surface area (Å²) < 4.78 is 39.7. The van der Waals surface area contributed by atoms with Crippen LogP contribution in [0.5, 0.6) is 0 Å². The minimum Gasteiger partial charge on any atom is -0.346 e. The van der Waals surface area contributed by atoms with Gasteiger partial charge >= 0.3 is 0 Å². The minimum absolute atomic E-state index is 0.0162. The van der Waals surface area contributed by atoms with Crippen LogP contribution in [-0.4, -0.2) is 41.3 Å². The molecule has 31 heavy (non-hydrogen) atoms. The Bertz CT molecular complexity index is 1140. The maximum absolute atomic E-state index is 13.7. The SMILES string of the molecule is CN1CCC(C#Cc2cc(C(=O)Nc3cc(F)c(=O)n(CC(F)F)c3)sc2Cl)CC1=O. The molecule has 2 aromatic heterocycles. The standard InChI is InChI=1S/C20H17ClF3N3O3S/c1-26-5-4-11(6-17(26)28)2-3-12-7-15(31-18(12)21)19(29)25-13-8-14(22)20(30)27(9-13)10-16(23)24/h7-9,11,16H,4-6,10H2,1H3,(H,25,29). The molecule has 0 spiro atoms. The number of alkyl halides is 2. The fourth-order valence-corrected chi connectivity index (χ4v) is 4.04. The highest BCUT2D eigenvalue weighted by molar-refractivity contribution is 7.18. The van der Waals surface area contributed by atoms with Gasteiger partial charge in [-0.05, 0) is 12.5 Å². The summed E-state index contributed by atoms with van der Waals surface area (Å²) in [6.07, 6.45) is -0.856. The third kappa shape index (κ3) is 5.68.